The molecular weight excluding hydrogens is 396 g/mol. The van der Waals surface area contributed by atoms with Gasteiger partial charge in [0.25, 0.3) is 0 Å². The summed E-state index contributed by atoms with van der Waals surface area (Å²) < 4.78 is 1.12. The first-order valence-electron chi connectivity index (χ1n) is 8.81. The Hall–Kier alpha value is -1.32. The van der Waals surface area contributed by atoms with E-state index < -0.39 is 0 Å². The van der Waals surface area contributed by atoms with Crippen LogP contribution in [-0.4, -0.2) is 29.9 Å². The second-order valence-electron chi connectivity index (χ2n) is 6.83. The fourth-order valence-electron chi connectivity index (χ4n) is 3.39. The summed E-state index contributed by atoms with van der Waals surface area (Å²) in [5, 5.41) is 0.837. The molecule has 0 unspecified atom stereocenters. The molecule has 3 rings (SSSR count). The van der Waals surface area contributed by atoms with Gasteiger partial charge in [-0.1, -0.05) is 45.7 Å². The molecule has 0 N–H and O–H groups in total. The monoisotopic (exact) mass is 418 g/mol. The lowest BCUT2D eigenvalue weighted by Gasteiger charge is -2.26. The van der Waals surface area contributed by atoms with Gasteiger partial charge in [0.05, 0.1) is 6.54 Å². The molecule has 0 saturated carbocycles. The number of hydrogen-bond acceptors (Lipinski definition) is 2. The predicted molar refractivity (Wildman–Crippen MR) is 111 cm³/mol. The van der Waals surface area contributed by atoms with E-state index in [1.165, 1.54) is 22.3 Å². The summed E-state index contributed by atoms with van der Waals surface area (Å²) in [6.45, 7) is 8.45. The number of benzene rings is 2. The van der Waals surface area contributed by atoms with E-state index in [0.717, 1.165) is 41.3 Å². The number of halogens is 2. The van der Waals surface area contributed by atoms with Gasteiger partial charge in [-0.15, -0.1) is 0 Å². The van der Waals surface area contributed by atoms with Gasteiger partial charge in [0.15, 0.2) is 0 Å². The summed E-state index contributed by atoms with van der Waals surface area (Å²) >= 11 is 10.2. The Balaban J connectivity index is 1.90. The minimum atomic E-state index is 0.445. The van der Waals surface area contributed by atoms with Gasteiger partial charge < -0.3 is 4.90 Å². The molecule has 4 heteroatoms. The summed E-state index contributed by atoms with van der Waals surface area (Å²) in [7, 11) is 0. The van der Waals surface area contributed by atoms with Crippen molar-refractivity contribution in [1.29, 1.82) is 0 Å². The highest BCUT2D eigenvalue weighted by molar-refractivity contribution is 9.10. The second-order valence-corrected chi connectivity index (χ2v) is 8.15. The normalized spacial score (nSPS) is 14.3. The minimum absolute atomic E-state index is 0.445. The number of amidine groups is 1. The van der Waals surface area contributed by atoms with E-state index in [9.17, 15) is 0 Å². The maximum atomic E-state index is 6.59. The van der Waals surface area contributed by atoms with E-state index in [-0.39, 0.29) is 0 Å². The van der Waals surface area contributed by atoms with Gasteiger partial charge in [-0.2, -0.15) is 0 Å². The van der Waals surface area contributed by atoms with Crippen molar-refractivity contribution in [2.45, 2.75) is 39.7 Å². The molecule has 0 bridgehead atoms. The maximum absolute atomic E-state index is 6.59. The van der Waals surface area contributed by atoms with Gasteiger partial charge >= 0.3 is 0 Å². The minimum Gasteiger partial charge on any atom is -0.352 e. The molecule has 25 heavy (non-hydrogen) atoms. The maximum Gasteiger partial charge on any atom is 0.131 e. The van der Waals surface area contributed by atoms with Crippen LogP contribution in [0.15, 0.2) is 45.9 Å². The highest BCUT2D eigenvalue weighted by atomic mass is 79.9. The van der Waals surface area contributed by atoms with E-state index in [2.05, 4.69) is 65.9 Å². The van der Waals surface area contributed by atoms with E-state index in [1.807, 2.05) is 12.1 Å². The Labute approximate surface area is 164 Å². The average Bonchev–Trinajstić information content (AvgIpc) is 3.06. The third-order valence-electron chi connectivity index (χ3n) is 4.81. The van der Waals surface area contributed by atoms with E-state index >= 15 is 0 Å². The van der Waals surface area contributed by atoms with Crippen molar-refractivity contribution in [1.82, 2.24) is 4.90 Å². The number of hydrogen-bond donors (Lipinski definition) is 0. The van der Waals surface area contributed by atoms with Crippen LogP contribution in [0.5, 0.6) is 0 Å². The molecule has 1 aliphatic heterocycles. The first-order valence-corrected chi connectivity index (χ1v) is 9.98. The predicted octanol–water partition coefficient (Wildman–Crippen LogP) is 5.67. The van der Waals surface area contributed by atoms with Crippen LogP contribution in [0.3, 0.4) is 0 Å². The zero-order chi connectivity index (χ0) is 18.0. The van der Waals surface area contributed by atoms with Crippen molar-refractivity contribution < 1.29 is 0 Å². The topological polar surface area (TPSA) is 15.6 Å². The molecule has 2 nitrogen and oxygen atoms in total. The molecule has 2 aromatic carbocycles. The van der Waals surface area contributed by atoms with Crippen LogP contribution in [0, 0.1) is 6.92 Å². The van der Waals surface area contributed by atoms with E-state index in [1.54, 1.807) is 0 Å². The lowest BCUT2D eigenvalue weighted by atomic mass is 9.96. The van der Waals surface area contributed by atoms with Crippen LogP contribution in [0.2, 0.25) is 5.02 Å². The van der Waals surface area contributed by atoms with Crippen molar-refractivity contribution in [2.75, 3.05) is 13.1 Å². The summed E-state index contributed by atoms with van der Waals surface area (Å²) in [5.74, 6) is 1.10. The van der Waals surface area contributed by atoms with E-state index in [0.29, 0.717) is 6.04 Å². The van der Waals surface area contributed by atoms with Gasteiger partial charge in [-0.05, 0) is 68.5 Å². The van der Waals surface area contributed by atoms with Gasteiger partial charge in [0.2, 0.25) is 0 Å². The zero-order valence-electron chi connectivity index (χ0n) is 15.0. The Kier molecular flexibility index (Phi) is 5.85. The molecule has 0 radical (unpaired) electrons. The lowest BCUT2D eigenvalue weighted by Crippen LogP contribution is -2.35. The molecular formula is C21H24BrClN2. The Morgan fingerprint density at radius 2 is 2.00 bits per heavy atom. The molecule has 0 aliphatic carbocycles. The third kappa shape index (κ3) is 4.09. The first-order chi connectivity index (χ1) is 12.0. The highest BCUT2D eigenvalue weighted by Crippen LogP contribution is 2.27. The third-order valence-corrected chi connectivity index (χ3v) is 5.66. The fourth-order valence-corrected chi connectivity index (χ4v) is 4.07. The summed E-state index contributed by atoms with van der Waals surface area (Å²) in [5.41, 5.74) is 5.06. The second kappa shape index (κ2) is 7.92. The van der Waals surface area contributed by atoms with Crippen LogP contribution in [-0.2, 0) is 12.8 Å². The smallest absolute Gasteiger partial charge is 0.131 e. The molecule has 132 valence electrons. The largest absolute Gasteiger partial charge is 0.352 e. The van der Waals surface area contributed by atoms with Crippen LogP contribution in [0.1, 0.15) is 36.1 Å². The fraction of sp³-hybridized carbons (Fsp3) is 0.381. The SMILES string of the molecule is Cc1ccc(Br)cc1CCc1c(Cl)cccc1C1=NCCN1C(C)C. The van der Waals surface area contributed by atoms with Crippen LogP contribution < -0.4 is 0 Å². The van der Waals surface area contributed by atoms with Crippen molar-refractivity contribution in [3.63, 3.8) is 0 Å². The first kappa shape index (κ1) is 18.5. The molecule has 0 atom stereocenters. The average molecular weight is 420 g/mol. The van der Waals surface area contributed by atoms with Crippen molar-refractivity contribution in [3.8, 4) is 0 Å². The van der Waals surface area contributed by atoms with Crippen LogP contribution >= 0.6 is 27.5 Å². The van der Waals surface area contributed by atoms with Crippen molar-refractivity contribution >= 4 is 33.4 Å². The molecule has 1 aliphatic rings. The molecule has 1 heterocycles. The standard InChI is InChI=1S/C21H24BrClN2/c1-14(2)25-12-11-24-21(25)19-5-4-6-20(23)18(19)10-8-16-13-17(22)9-7-15(16)3/h4-7,9,13-14H,8,10-12H2,1-3H3. The number of aliphatic imine (C=N–C) groups is 1. The molecule has 0 aromatic heterocycles. The quantitative estimate of drug-likeness (QED) is 0.610. The van der Waals surface area contributed by atoms with Crippen molar-refractivity contribution in [2.24, 2.45) is 4.99 Å². The molecule has 0 fully saturated rings. The number of aryl methyl sites for hydroxylation is 2. The molecule has 0 saturated heterocycles. The Morgan fingerprint density at radius 3 is 2.76 bits per heavy atom. The Bertz CT molecular complexity index is 798. The van der Waals surface area contributed by atoms with Gasteiger partial charge in [0, 0.05) is 27.6 Å². The summed E-state index contributed by atoms with van der Waals surface area (Å²) in [4.78, 5) is 7.15. The van der Waals surface area contributed by atoms with Gasteiger partial charge in [0.1, 0.15) is 5.84 Å². The van der Waals surface area contributed by atoms with Crippen molar-refractivity contribution in [3.05, 3.63) is 68.1 Å². The zero-order valence-corrected chi connectivity index (χ0v) is 17.4. The van der Waals surface area contributed by atoms with E-state index in [4.69, 9.17) is 16.6 Å². The summed E-state index contributed by atoms with van der Waals surface area (Å²) in [6, 6.07) is 13.1. The molecule has 0 spiro atoms. The van der Waals surface area contributed by atoms with Crippen LogP contribution in [0.25, 0.3) is 0 Å². The van der Waals surface area contributed by atoms with Gasteiger partial charge in [-0.3, -0.25) is 4.99 Å². The lowest BCUT2D eigenvalue weighted by molar-refractivity contribution is 0.381. The van der Waals surface area contributed by atoms with Crippen LogP contribution in [0.4, 0.5) is 0 Å². The Morgan fingerprint density at radius 1 is 1.20 bits per heavy atom. The summed E-state index contributed by atoms with van der Waals surface area (Å²) in [6.07, 6.45) is 1.88. The number of nitrogens with zero attached hydrogens (tertiary/aromatic N) is 2. The number of rotatable bonds is 5. The molecule has 0 amide bonds. The molecule has 2 aromatic rings. The highest BCUT2D eigenvalue weighted by Gasteiger charge is 2.23. The van der Waals surface area contributed by atoms with Gasteiger partial charge in [-0.25, -0.2) is 0 Å².